The van der Waals surface area contributed by atoms with Crippen molar-refractivity contribution in [3.63, 3.8) is 0 Å². The Labute approximate surface area is 195 Å². The molecule has 0 radical (unpaired) electrons. The highest BCUT2D eigenvalue weighted by atomic mass is 32.2. The molecule has 1 fully saturated rings. The largest absolute Gasteiger partial charge is 0.345 e. The molecule has 4 heterocycles. The number of thioether (sulfide) groups is 1. The van der Waals surface area contributed by atoms with Gasteiger partial charge in [0.1, 0.15) is 10.5 Å². The molecule has 9 nitrogen and oxygen atoms in total. The maximum absolute atomic E-state index is 13.2. The number of carbonyl (C=O) groups is 1. The lowest BCUT2D eigenvalue weighted by Gasteiger charge is -2.33. The average molecular weight is 485 g/mol. The zero-order valence-electron chi connectivity index (χ0n) is 18.1. The number of sulfonamides is 1. The third-order valence-corrected chi connectivity index (χ3v) is 8.78. The normalized spacial score (nSPS) is 15.5. The van der Waals surface area contributed by atoms with E-state index in [1.807, 2.05) is 24.3 Å². The van der Waals surface area contributed by atoms with Crippen LogP contribution in [0.3, 0.4) is 0 Å². The number of aromatic nitrogens is 4. The first-order valence-corrected chi connectivity index (χ1v) is 13.2. The van der Waals surface area contributed by atoms with Gasteiger partial charge in [-0.2, -0.15) is 4.31 Å². The van der Waals surface area contributed by atoms with E-state index in [0.29, 0.717) is 24.1 Å². The number of carbonyl (C=O) groups excluding carboxylic acids is 1. The smallest absolute Gasteiger partial charge is 0.245 e. The number of H-pyrrole nitrogens is 1. The van der Waals surface area contributed by atoms with Gasteiger partial charge in [-0.25, -0.2) is 18.4 Å². The molecule has 1 aromatic carbocycles. The van der Waals surface area contributed by atoms with Crippen LogP contribution in [0.1, 0.15) is 6.92 Å². The minimum atomic E-state index is -3.67. The quantitative estimate of drug-likeness (QED) is 0.422. The Morgan fingerprint density at radius 2 is 1.91 bits per heavy atom. The molecular weight excluding hydrogens is 460 g/mol. The number of hydrogen-bond acceptors (Lipinski definition) is 6. The molecular formula is C22H24N6O3S2. The molecule has 1 N–H and O–H groups in total. The molecule has 0 bridgehead atoms. The van der Waals surface area contributed by atoms with Gasteiger partial charge in [0, 0.05) is 50.5 Å². The maximum atomic E-state index is 13.2. The Bertz CT molecular complexity index is 1420. The number of nitrogens with one attached hydrogen (secondary N) is 1. The van der Waals surface area contributed by atoms with E-state index in [0.717, 1.165) is 22.7 Å². The van der Waals surface area contributed by atoms with Crippen molar-refractivity contribution in [1.82, 2.24) is 28.7 Å². The molecule has 0 aliphatic carbocycles. The van der Waals surface area contributed by atoms with Gasteiger partial charge in [-0.3, -0.25) is 4.79 Å². The molecule has 0 saturated carbocycles. The monoisotopic (exact) mass is 484 g/mol. The van der Waals surface area contributed by atoms with Gasteiger partial charge in [0.05, 0.1) is 16.8 Å². The third-order valence-electron chi connectivity index (χ3n) is 5.88. The van der Waals surface area contributed by atoms with Gasteiger partial charge in [-0.1, -0.05) is 23.9 Å². The molecule has 3 aromatic heterocycles. The van der Waals surface area contributed by atoms with Gasteiger partial charge in [0.25, 0.3) is 0 Å². The van der Waals surface area contributed by atoms with Crippen LogP contribution in [0.4, 0.5) is 0 Å². The lowest BCUT2D eigenvalue weighted by Crippen LogP contribution is -2.50. The number of pyridine rings is 1. The van der Waals surface area contributed by atoms with Crippen LogP contribution in [0.15, 0.2) is 58.8 Å². The van der Waals surface area contributed by atoms with Gasteiger partial charge in [-0.15, -0.1) is 0 Å². The SMILES string of the molecule is CCn1c(SCC(=O)N2CCN(S(=O)(=O)c3c[nH]c4ncccc34)CC2)nc2ccccc21. The number of piperazine rings is 1. The van der Waals surface area contributed by atoms with Gasteiger partial charge in [-0.05, 0) is 31.2 Å². The van der Waals surface area contributed by atoms with Crippen LogP contribution >= 0.6 is 11.8 Å². The highest BCUT2D eigenvalue weighted by Gasteiger charge is 2.32. The summed E-state index contributed by atoms with van der Waals surface area (Å²) in [6.07, 6.45) is 3.11. The van der Waals surface area contributed by atoms with E-state index in [2.05, 4.69) is 26.4 Å². The van der Waals surface area contributed by atoms with E-state index in [4.69, 9.17) is 0 Å². The van der Waals surface area contributed by atoms with Crippen molar-refractivity contribution in [2.24, 2.45) is 0 Å². The predicted octanol–water partition coefficient (Wildman–Crippen LogP) is 2.56. The Morgan fingerprint density at radius 3 is 2.70 bits per heavy atom. The number of hydrogen-bond donors (Lipinski definition) is 1. The fraction of sp³-hybridized carbons (Fsp3) is 0.318. The molecule has 0 spiro atoms. The Balaban J connectivity index is 1.23. The number of benzene rings is 1. The molecule has 11 heteroatoms. The summed E-state index contributed by atoms with van der Waals surface area (Å²) in [6.45, 7) is 4.09. The van der Waals surface area contributed by atoms with Gasteiger partial charge >= 0.3 is 0 Å². The molecule has 4 aromatic rings. The Hall–Kier alpha value is -2.89. The summed E-state index contributed by atoms with van der Waals surface area (Å²) in [5.41, 5.74) is 2.52. The first-order valence-electron chi connectivity index (χ1n) is 10.8. The summed E-state index contributed by atoms with van der Waals surface area (Å²) in [5.74, 6) is 0.257. The Kier molecular flexibility index (Phi) is 5.85. The number of para-hydroxylation sites is 2. The van der Waals surface area contributed by atoms with Crippen LogP contribution < -0.4 is 0 Å². The van der Waals surface area contributed by atoms with Crippen molar-refractivity contribution < 1.29 is 13.2 Å². The van der Waals surface area contributed by atoms with E-state index in [1.165, 1.54) is 22.3 Å². The summed E-state index contributed by atoms with van der Waals surface area (Å²) < 4.78 is 29.9. The fourth-order valence-electron chi connectivity index (χ4n) is 4.15. The predicted molar refractivity (Wildman–Crippen MR) is 128 cm³/mol. The highest BCUT2D eigenvalue weighted by Crippen LogP contribution is 2.26. The summed E-state index contributed by atoms with van der Waals surface area (Å²) >= 11 is 1.42. The second-order valence-corrected chi connectivity index (χ2v) is 10.6. The van der Waals surface area contributed by atoms with E-state index >= 15 is 0 Å². The van der Waals surface area contributed by atoms with Crippen LogP contribution in [-0.2, 0) is 21.4 Å². The summed E-state index contributed by atoms with van der Waals surface area (Å²) in [7, 11) is -3.67. The second-order valence-electron chi connectivity index (χ2n) is 7.75. The Morgan fingerprint density at radius 1 is 1.12 bits per heavy atom. The van der Waals surface area contributed by atoms with Crippen LogP contribution in [0, 0.1) is 0 Å². The second kappa shape index (κ2) is 8.81. The molecule has 1 aliphatic rings. The van der Waals surface area contributed by atoms with E-state index in [9.17, 15) is 13.2 Å². The van der Waals surface area contributed by atoms with E-state index in [-0.39, 0.29) is 29.6 Å². The van der Waals surface area contributed by atoms with Crippen molar-refractivity contribution >= 4 is 49.8 Å². The lowest BCUT2D eigenvalue weighted by molar-refractivity contribution is -0.129. The summed E-state index contributed by atoms with van der Waals surface area (Å²) in [5, 5.41) is 1.40. The van der Waals surface area contributed by atoms with Gasteiger partial charge in [0.2, 0.25) is 15.9 Å². The number of nitrogens with zero attached hydrogens (tertiary/aromatic N) is 5. The topological polar surface area (TPSA) is 104 Å². The van der Waals surface area contributed by atoms with Crippen molar-refractivity contribution in [1.29, 1.82) is 0 Å². The molecule has 172 valence electrons. The average Bonchev–Trinajstić information content (AvgIpc) is 3.44. The van der Waals surface area contributed by atoms with E-state index < -0.39 is 10.0 Å². The van der Waals surface area contributed by atoms with E-state index in [1.54, 1.807) is 23.2 Å². The minimum Gasteiger partial charge on any atom is -0.345 e. The minimum absolute atomic E-state index is 0.0111. The molecule has 0 unspecified atom stereocenters. The number of aromatic amines is 1. The van der Waals surface area contributed by atoms with Crippen molar-refractivity contribution in [2.45, 2.75) is 23.5 Å². The third kappa shape index (κ3) is 4.00. The first-order chi connectivity index (χ1) is 16.0. The zero-order chi connectivity index (χ0) is 23.0. The zero-order valence-corrected chi connectivity index (χ0v) is 19.8. The van der Waals surface area contributed by atoms with Crippen molar-refractivity contribution in [3.8, 4) is 0 Å². The highest BCUT2D eigenvalue weighted by molar-refractivity contribution is 7.99. The molecule has 0 atom stereocenters. The van der Waals surface area contributed by atoms with Crippen LogP contribution in [-0.4, -0.2) is 75.0 Å². The number of fused-ring (bicyclic) bond motifs is 2. The van der Waals surface area contributed by atoms with Crippen molar-refractivity contribution in [3.05, 3.63) is 48.8 Å². The molecule has 1 aliphatic heterocycles. The van der Waals surface area contributed by atoms with Crippen LogP contribution in [0.2, 0.25) is 0 Å². The standard InChI is InChI=1S/C22H24N6O3S2/c1-2-28-18-8-4-3-7-17(18)25-22(28)32-15-20(29)26-10-12-27(13-11-26)33(30,31)19-14-24-21-16(19)6-5-9-23-21/h3-9,14H,2,10-13,15H2,1H3,(H,23,24). The first kappa shape index (κ1) is 21.9. The summed E-state index contributed by atoms with van der Waals surface area (Å²) in [6, 6.07) is 11.4. The summed E-state index contributed by atoms with van der Waals surface area (Å²) in [4.78, 5) is 26.5. The lowest BCUT2D eigenvalue weighted by atomic mass is 10.3. The van der Waals surface area contributed by atoms with Crippen LogP contribution in [0.25, 0.3) is 22.1 Å². The fourth-order valence-corrected chi connectivity index (χ4v) is 6.70. The molecule has 5 rings (SSSR count). The number of rotatable bonds is 6. The number of aryl methyl sites for hydroxylation is 1. The van der Waals surface area contributed by atoms with Gasteiger partial charge in [0.15, 0.2) is 5.16 Å². The van der Waals surface area contributed by atoms with Crippen LogP contribution in [0.5, 0.6) is 0 Å². The molecule has 1 amide bonds. The number of imidazole rings is 1. The number of amides is 1. The molecule has 1 saturated heterocycles. The molecule has 33 heavy (non-hydrogen) atoms. The maximum Gasteiger partial charge on any atom is 0.245 e. The van der Waals surface area contributed by atoms with Gasteiger partial charge < -0.3 is 14.5 Å². The van der Waals surface area contributed by atoms with Crippen molar-refractivity contribution in [2.75, 3.05) is 31.9 Å².